The summed E-state index contributed by atoms with van der Waals surface area (Å²) >= 11 is 0. The van der Waals surface area contributed by atoms with Gasteiger partial charge in [-0.1, -0.05) is 36.9 Å². The zero-order valence-electron chi connectivity index (χ0n) is 15.5. The van der Waals surface area contributed by atoms with Gasteiger partial charge >= 0.3 is 12.0 Å². The van der Waals surface area contributed by atoms with E-state index in [2.05, 4.69) is 16.6 Å². The third-order valence-corrected chi connectivity index (χ3v) is 3.52. The Morgan fingerprint density at radius 3 is 2.54 bits per heavy atom. The highest BCUT2D eigenvalue weighted by Gasteiger charge is 2.47. The summed E-state index contributed by atoms with van der Waals surface area (Å²) in [6, 6.07) is 8.78. The molecule has 0 aliphatic rings. The Hall–Kier alpha value is -2.27. The molecule has 0 heterocycles. The summed E-state index contributed by atoms with van der Waals surface area (Å²) in [5.74, 6) is -5.05. The highest BCUT2D eigenvalue weighted by molar-refractivity contribution is 5.67. The average Bonchev–Trinajstić information content (AvgIpc) is 2.70. The number of rotatable bonds is 13. The van der Waals surface area contributed by atoms with Crippen molar-refractivity contribution < 1.29 is 42.7 Å². The maximum absolute atomic E-state index is 14.1. The second-order valence-corrected chi connectivity index (χ2v) is 5.66. The van der Waals surface area contributed by atoms with Gasteiger partial charge in [-0.3, -0.25) is 0 Å². The molecular formula is C18H25F2NO7. The van der Waals surface area contributed by atoms with Gasteiger partial charge in [-0.05, 0) is 5.56 Å². The molecule has 158 valence electrons. The van der Waals surface area contributed by atoms with E-state index >= 15 is 0 Å². The Bertz CT molecular complexity index is 601. The molecule has 0 aromatic heterocycles. The molecule has 3 N–H and O–H groups in total. The van der Waals surface area contributed by atoms with Crippen LogP contribution < -0.4 is 5.32 Å². The van der Waals surface area contributed by atoms with Gasteiger partial charge in [0.15, 0.2) is 18.7 Å². The van der Waals surface area contributed by atoms with Gasteiger partial charge in [-0.15, -0.1) is 0 Å². The SMILES string of the molecule is C=C(OCOCCOC)C(F)(F)[C@H](O)[C@@H](O)CNC(=O)OCc1ccccc1. The summed E-state index contributed by atoms with van der Waals surface area (Å²) < 4.78 is 47.2. The highest BCUT2D eigenvalue weighted by atomic mass is 19.3. The molecule has 8 nitrogen and oxygen atoms in total. The lowest BCUT2D eigenvalue weighted by Crippen LogP contribution is -2.49. The molecule has 2 atom stereocenters. The number of hydrogen-bond acceptors (Lipinski definition) is 7. The van der Waals surface area contributed by atoms with Gasteiger partial charge in [0.1, 0.15) is 12.7 Å². The van der Waals surface area contributed by atoms with Crippen LogP contribution in [0.2, 0.25) is 0 Å². The Balaban J connectivity index is 2.37. The molecule has 0 aliphatic heterocycles. The molecule has 0 spiro atoms. The topological polar surface area (TPSA) is 106 Å². The molecule has 28 heavy (non-hydrogen) atoms. The fourth-order valence-electron chi connectivity index (χ4n) is 1.89. The van der Waals surface area contributed by atoms with Gasteiger partial charge < -0.3 is 34.5 Å². The van der Waals surface area contributed by atoms with Crippen LogP contribution in [0.15, 0.2) is 42.7 Å². The van der Waals surface area contributed by atoms with Crippen LogP contribution in [0.5, 0.6) is 0 Å². The van der Waals surface area contributed by atoms with Crippen LogP contribution in [0.3, 0.4) is 0 Å². The van der Waals surface area contributed by atoms with Crippen molar-refractivity contribution in [2.45, 2.75) is 24.7 Å². The molecule has 0 unspecified atom stereocenters. The Labute approximate surface area is 161 Å². The fraction of sp³-hybridized carbons (Fsp3) is 0.500. The minimum atomic E-state index is -3.97. The first-order valence-electron chi connectivity index (χ1n) is 8.36. The Morgan fingerprint density at radius 2 is 1.89 bits per heavy atom. The van der Waals surface area contributed by atoms with Gasteiger partial charge in [0, 0.05) is 13.7 Å². The van der Waals surface area contributed by atoms with Gasteiger partial charge in [-0.25, -0.2) is 4.79 Å². The highest BCUT2D eigenvalue weighted by Crippen LogP contribution is 2.29. The molecule has 1 aromatic rings. The van der Waals surface area contributed by atoms with Crippen LogP contribution in [0, 0.1) is 0 Å². The lowest BCUT2D eigenvalue weighted by Gasteiger charge is -2.27. The molecule has 0 saturated heterocycles. The summed E-state index contributed by atoms with van der Waals surface area (Å²) in [6.45, 7) is 2.19. The van der Waals surface area contributed by atoms with Crippen molar-refractivity contribution in [2.75, 3.05) is 33.7 Å². The monoisotopic (exact) mass is 405 g/mol. The van der Waals surface area contributed by atoms with Gasteiger partial charge in [0.25, 0.3) is 0 Å². The van der Waals surface area contributed by atoms with E-state index in [1.807, 2.05) is 0 Å². The minimum absolute atomic E-state index is 0.0325. The minimum Gasteiger partial charge on any atom is -0.466 e. The first-order chi connectivity index (χ1) is 13.3. The Kier molecular flexibility index (Phi) is 10.4. The number of halogens is 2. The molecule has 1 amide bonds. The number of carbonyl (C=O) groups excluding carboxylic acids is 1. The van der Waals surface area contributed by atoms with Crippen LogP contribution >= 0.6 is 0 Å². The fourth-order valence-corrected chi connectivity index (χ4v) is 1.89. The van der Waals surface area contributed by atoms with E-state index in [0.717, 1.165) is 5.56 Å². The quantitative estimate of drug-likeness (QED) is 0.259. The molecule has 1 aromatic carbocycles. The number of aliphatic hydroxyl groups excluding tert-OH is 2. The van der Waals surface area contributed by atoms with Crippen molar-refractivity contribution >= 4 is 6.09 Å². The third kappa shape index (κ3) is 8.17. The zero-order chi connectivity index (χ0) is 21.0. The van der Waals surface area contributed by atoms with Crippen molar-refractivity contribution in [1.82, 2.24) is 5.32 Å². The zero-order valence-corrected chi connectivity index (χ0v) is 15.5. The number of benzene rings is 1. The number of hydrogen-bond donors (Lipinski definition) is 3. The van der Waals surface area contributed by atoms with Crippen LogP contribution in [0.1, 0.15) is 5.56 Å². The van der Waals surface area contributed by atoms with Crippen molar-refractivity contribution in [3.63, 3.8) is 0 Å². The number of amides is 1. The lowest BCUT2D eigenvalue weighted by molar-refractivity contribution is -0.163. The summed E-state index contributed by atoms with van der Waals surface area (Å²) in [4.78, 5) is 11.6. The molecule has 0 aliphatic carbocycles. The number of ether oxygens (including phenoxy) is 4. The molecule has 10 heteroatoms. The van der Waals surface area contributed by atoms with Crippen molar-refractivity contribution in [3.8, 4) is 0 Å². The first kappa shape index (κ1) is 23.8. The van der Waals surface area contributed by atoms with E-state index in [0.29, 0.717) is 0 Å². The number of methoxy groups -OCH3 is 1. The van der Waals surface area contributed by atoms with Crippen LogP contribution in [0.4, 0.5) is 13.6 Å². The number of alkyl carbamates (subject to hydrolysis) is 1. The lowest BCUT2D eigenvalue weighted by atomic mass is 10.1. The van der Waals surface area contributed by atoms with Gasteiger partial charge in [0.2, 0.25) is 0 Å². The third-order valence-electron chi connectivity index (χ3n) is 3.52. The molecular weight excluding hydrogens is 380 g/mol. The van der Waals surface area contributed by atoms with E-state index in [4.69, 9.17) is 14.2 Å². The molecule has 0 saturated carbocycles. The second kappa shape index (κ2) is 12.2. The summed E-state index contributed by atoms with van der Waals surface area (Å²) in [7, 11) is 1.44. The molecule has 1 rings (SSSR count). The number of alkyl halides is 2. The van der Waals surface area contributed by atoms with E-state index < -0.39 is 43.3 Å². The molecule has 0 bridgehead atoms. The van der Waals surface area contributed by atoms with E-state index in [1.54, 1.807) is 30.3 Å². The summed E-state index contributed by atoms with van der Waals surface area (Å²) in [6.07, 6.45) is -5.48. The summed E-state index contributed by atoms with van der Waals surface area (Å²) in [5.41, 5.74) is 0.728. The number of carbonyl (C=O) groups is 1. The summed E-state index contributed by atoms with van der Waals surface area (Å²) in [5, 5.41) is 21.5. The number of aliphatic hydroxyl groups is 2. The van der Waals surface area contributed by atoms with E-state index in [1.165, 1.54) is 7.11 Å². The number of nitrogens with one attached hydrogen (secondary N) is 1. The van der Waals surface area contributed by atoms with Crippen molar-refractivity contribution in [3.05, 3.63) is 48.2 Å². The van der Waals surface area contributed by atoms with Gasteiger partial charge in [0.05, 0.1) is 13.2 Å². The van der Waals surface area contributed by atoms with Crippen LogP contribution in [0.25, 0.3) is 0 Å². The Morgan fingerprint density at radius 1 is 1.21 bits per heavy atom. The maximum atomic E-state index is 14.1. The van der Waals surface area contributed by atoms with Crippen LogP contribution in [-0.4, -0.2) is 68.1 Å². The first-order valence-corrected chi connectivity index (χ1v) is 8.36. The second-order valence-electron chi connectivity index (χ2n) is 5.66. The predicted molar refractivity (Wildman–Crippen MR) is 94.5 cm³/mol. The van der Waals surface area contributed by atoms with Crippen molar-refractivity contribution in [1.29, 1.82) is 0 Å². The molecule has 0 fully saturated rings. The molecule has 0 radical (unpaired) electrons. The van der Waals surface area contributed by atoms with Crippen molar-refractivity contribution in [2.24, 2.45) is 0 Å². The smallest absolute Gasteiger partial charge is 0.407 e. The standard InChI is InChI=1S/C18H25F2NO7/c1-13(28-12-26-9-8-25-2)18(19,20)16(23)15(22)10-21-17(24)27-11-14-6-4-3-5-7-14/h3-7,15-16,22-23H,1,8-12H2,2H3,(H,21,24)/t15-,16+/m0/s1. The van der Waals surface area contributed by atoms with E-state index in [-0.39, 0.29) is 19.8 Å². The normalized spacial score (nSPS) is 13.5. The maximum Gasteiger partial charge on any atom is 0.407 e. The van der Waals surface area contributed by atoms with E-state index in [9.17, 15) is 23.8 Å². The average molecular weight is 405 g/mol. The predicted octanol–water partition coefficient (Wildman–Crippen LogP) is 1.42. The largest absolute Gasteiger partial charge is 0.466 e. The van der Waals surface area contributed by atoms with Crippen LogP contribution in [-0.2, 0) is 25.6 Å². The van der Waals surface area contributed by atoms with Gasteiger partial charge in [-0.2, -0.15) is 8.78 Å².